The van der Waals surface area contributed by atoms with Crippen LogP contribution in [-0.4, -0.2) is 17.1 Å². The van der Waals surface area contributed by atoms with Crippen molar-refractivity contribution >= 4 is 23.4 Å². The summed E-state index contributed by atoms with van der Waals surface area (Å²) < 4.78 is 13.6. The van der Waals surface area contributed by atoms with Crippen LogP contribution in [0.5, 0.6) is 5.75 Å². The maximum Gasteiger partial charge on any atom is 0.338 e. The number of hydrogen-bond acceptors (Lipinski definition) is 7. The first kappa shape index (κ1) is 28.8. The molecule has 0 N–H and O–H groups in total. The van der Waals surface area contributed by atoms with Gasteiger partial charge in [-0.1, -0.05) is 79.8 Å². The first-order valence-corrected chi connectivity index (χ1v) is 14.6. The number of thiazole rings is 1. The zero-order valence-electron chi connectivity index (χ0n) is 24.0. The second-order valence-electron chi connectivity index (χ2n) is 10.3. The van der Waals surface area contributed by atoms with Crippen molar-refractivity contribution in [2.24, 2.45) is 4.99 Å². The summed E-state index contributed by atoms with van der Waals surface area (Å²) in [6.45, 7) is 8.32. The van der Waals surface area contributed by atoms with E-state index in [1.54, 1.807) is 36.6 Å². The summed E-state index contributed by atoms with van der Waals surface area (Å²) in [6, 6.07) is 24.2. The molecule has 0 saturated carbocycles. The van der Waals surface area contributed by atoms with Crippen LogP contribution < -0.4 is 19.6 Å². The van der Waals surface area contributed by atoms with Gasteiger partial charge in [0.1, 0.15) is 12.4 Å². The van der Waals surface area contributed by atoms with Gasteiger partial charge in [-0.15, -0.1) is 0 Å². The number of nitriles is 1. The average molecular weight is 578 g/mol. The smallest absolute Gasteiger partial charge is 0.338 e. The Hall–Kier alpha value is -4.74. The van der Waals surface area contributed by atoms with Gasteiger partial charge < -0.3 is 9.47 Å². The molecule has 2 heterocycles. The first-order valence-electron chi connectivity index (χ1n) is 13.8. The highest BCUT2D eigenvalue weighted by Gasteiger charge is 2.33. The van der Waals surface area contributed by atoms with Crippen LogP contribution >= 0.6 is 11.3 Å². The van der Waals surface area contributed by atoms with Gasteiger partial charge >= 0.3 is 5.97 Å². The van der Waals surface area contributed by atoms with E-state index in [0.29, 0.717) is 44.4 Å². The standard InChI is InChI=1S/C34H31N3O4S/c1-5-40-33(39)30-22(4)36-34-37(31(30)26-16-14-25(15-17-26)21(2)3)32(38)29(42-34)18-27-8-6-7-9-28(27)41-20-24-12-10-23(19-35)11-13-24/h6-18,21,31H,5,20H2,1-4H3/b29-18-/t31-/m0/s1. The molecule has 0 radical (unpaired) electrons. The Bertz CT molecular complexity index is 1880. The number of para-hydroxylation sites is 1. The molecule has 3 aromatic carbocycles. The fourth-order valence-electron chi connectivity index (χ4n) is 4.88. The van der Waals surface area contributed by atoms with E-state index >= 15 is 0 Å². The number of esters is 1. The van der Waals surface area contributed by atoms with E-state index in [0.717, 1.165) is 16.7 Å². The van der Waals surface area contributed by atoms with E-state index in [1.807, 2.05) is 60.7 Å². The summed E-state index contributed by atoms with van der Waals surface area (Å²) in [5.74, 6) is 0.492. The number of benzene rings is 3. The number of ether oxygens (including phenoxy) is 2. The number of fused-ring (bicyclic) bond motifs is 1. The lowest BCUT2D eigenvalue weighted by Crippen LogP contribution is -2.39. The van der Waals surface area contributed by atoms with Crippen molar-refractivity contribution in [1.29, 1.82) is 5.26 Å². The van der Waals surface area contributed by atoms with E-state index in [-0.39, 0.29) is 12.2 Å². The molecule has 1 aliphatic heterocycles. The summed E-state index contributed by atoms with van der Waals surface area (Å²) in [5.41, 5.74) is 4.89. The van der Waals surface area contributed by atoms with Gasteiger partial charge in [0.15, 0.2) is 4.80 Å². The van der Waals surface area contributed by atoms with E-state index in [4.69, 9.17) is 14.7 Å². The molecule has 212 valence electrons. The number of aromatic nitrogens is 1. The van der Waals surface area contributed by atoms with Crippen LogP contribution in [0.2, 0.25) is 0 Å². The maximum atomic E-state index is 14.0. The summed E-state index contributed by atoms with van der Waals surface area (Å²) in [5, 5.41) is 9.04. The van der Waals surface area contributed by atoms with Crippen molar-refractivity contribution in [3.8, 4) is 11.8 Å². The predicted octanol–water partition coefficient (Wildman–Crippen LogP) is 5.37. The van der Waals surface area contributed by atoms with Crippen LogP contribution in [0.15, 0.2) is 93.9 Å². The summed E-state index contributed by atoms with van der Waals surface area (Å²) in [6.07, 6.45) is 1.81. The minimum absolute atomic E-state index is 0.221. The lowest BCUT2D eigenvalue weighted by Gasteiger charge is -2.25. The van der Waals surface area contributed by atoms with Crippen molar-refractivity contribution in [2.45, 2.75) is 46.3 Å². The minimum atomic E-state index is -0.661. The quantitative estimate of drug-likeness (QED) is 0.263. The van der Waals surface area contributed by atoms with Gasteiger partial charge in [-0.2, -0.15) is 5.26 Å². The zero-order chi connectivity index (χ0) is 29.8. The van der Waals surface area contributed by atoms with E-state index in [1.165, 1.54) is 16.9 Å². The number of allylic oxidation sites excluding steroid dienone is 1. The molecule has 0 aliphatic carbocycles. The maximum absolute atomic E-state index is 14.0. The number of rotatable bonds is 8. The minimum Gasteiger partial charge on any atom is -0.488 e. The van der Waals surface area contributed by atoms with Gasteiger partial charge in [0.2, 0.25) is 0 Å². The van der Waals surface area contributed by atoms with Gasteiger partial charge in [0.25, 0.3) is 5.56 Å². The van der Waals surface area contributed by atoms with Gasteiger partial charge in [-0.25, -0.2) is 9.79 Å². The van der Waals surface area contributed by atoms with Gasteiger partial charge in [-0.05, 0) is 60.7 Å². The average Bonchev–Trinajstić information content (AvgIpc) is 3.30. The van der Waals surface area contributed by atoms with Gasteiger partial charge in [0.05, 0.1) is 40.1 Å². The van der Waals surface area contributed by atoms with Gasteiger partial charge in [0, 0.05) is 5.56 Å². The van der Waals surface area contributed by atoms with E-state index in [9.17, 15) is 9.59 Å². The number of hydrogen-bond donors (Lipinski definition) is 0. The normalized spacial score (nSPS) is 14.8. The molecule has 0 bridgehead atoms. The van der Waals surface area contributed by atoms with Crippen molar-refractivity contribution in [3.63, 3.8) is 0 Å². The summed E-state index contributed by atoms with van der Waals surface area (Å²) in [7, 11) is 0. The number of nitrogens with zero attached hydrogens (tertiary/aromatic N) is 3. The third-order valence-corrected chi connectivity index (χ3v) is 8.10. The molecule has 7 nitrogen and oxygen atoms in total. The largest absolute Gasteiger partial charge is 0.488 e. The Morgan fingerprint density at radius 3 is 2.48 bits per heavy atom. The molecule has 0 fully saturated rings. The molecule has 8 heteroatoms. The lowest BCUT2D eigenvalue weighted by molar-refractivity contribution is -0.139. The van der Waals surface area contributed by atoms with Crippen LogP contribution in [0.25, 0.3) is 6.08 Å². The Balaban J connectivity index is 1.57. The third-order valence-electron chi connectivity index (χ3n) is 7.12. The first-order chi connectivity index (χ1) is 20.3. The molecular weight excluding hydrogens is 546 g/mol. The second kappa shape index (κ2) is 12.4. The molecule has 1 aromatic heterocycles. The lowest BCUT2D eigenvalue weighted by atomic mass is 9.93. The third kappa shape index (κ3) is 5.83. The summed E-state index contributed by atoms with van der Waals surface area (Å²) >= 11 is 1.28. The van der Waals surface area contributed by atoms with Crippen LogP contribution in [0.3, 0.4) is 0 Å². The monoisotopic (exact) mass is 577 g/mol. The molecule has 1 atom stereocenters. The summed E-state index contributed by atoms with van der Waals surface area (Å²) in [4.78, 5) is 32.4. The highest BCUT2D eigenvalue weighted by Crippen LogP contribution is 2.31. The zero-order valence-corrected chi connectivity index (χ0v) is 24.8. The molecule has 5 rings (SSSR count). The Labute approximate surface area is 248 Å². The molecule has 0 amide bonds. The molecular formula is C34H31N3O4S. The Kier molecular flexibility index (Phi) is 8.51. The molecule has 0 spiro atoms. The van der Waals surface area contributed by atoms with Crippen LogP contribution in [-0.2, 0) is 16.1 Å². The second-order valence-corrected chi connectivity index (χ2v) is 11.3. The highest BCUT2D eigenvalue weighted by molar-refractivity contribution is 7.07. The van der Waals surface area contributed by atoms with Crippen LogP contribution in [0.1, 0.15) is 67.5 Å². The fourth-order valence-corrected chi connectivity index (χ4v) is 5.92. The SMILES string of the molecule is CCOC(=O)C1=C(C)N=c2s/c(=C\c3ccccc3OCc3ccc(C#N)cc3)c(=O)n2[C@H]1c1ccc(C(C)C)cc1. The Morgan fingerprint density at radius 2 is 1.81 bits per heavy atom. The van der Waals surface area contributed by atoms with Gasteiger partial charge in [-0.3, -0.25) is 9.36 Å². The molecule has 42 heavy (non-hydrogen) atoms. The van der Waals surface area contributed by atoms with Crippen molar-refractivity contribution < 1.29 is 14.3 Å². The number of carbonyl (C=O) groups is 1. The van der Waals surface area contributed by atoms with Crippen molar-refractivity contribution in [2.75, 3.05) is 6.61 Å². The number of carbonyl (C=O) groups excluding carboxylic acids is 1. The predicted molar refractivity (Wildman–Crippen MR) is 163 cm³/mol. The van der Waals surface area contributed by atoms with Crippen molar-refractivity contribution in [3.05, 3.63) is 132 Å². The molecule has 4 aromatic rings. The van der Waals surface area contributed by atoms with Crippen LogP contribution in [0, 0.1) is 11.3 Å². The fraction of sp³-hybridized carbons (Fsp3) is 0.235. The van der Waals surface area contributed by atoms with Crippen LogP contribution in [0.4, 0.5) is 0 Å². The molecule has 1 aliphatic rings. The molecule has 0 saturated heterocycles. The topological polar surface area (TPSA) is 93.7 Å². The van der Waals surface area contributed by atoms with E-state index < -0.39 is 12.0 Å². The van der Waals surface area contributed by atoms with E-state index in [2.05, 4.69) is 24.9 Å². The Morgan fingerprint density at radius 1 is 1.10 bits per heavy atom. The highest BCUT2D eigenvalue weighted by atomic mass is 32.1. The van der Waals surface area contributed by atoms with Crippen molar-refractivity contribution in [1.82, 2.24) is 4.57 Å². The molecule has 0 unspecified atom stereocenters.